The van der Waals surface area contributed by atoms with E-state index in [9.17, 15) is 0 Å². The van der Waals surface area contributed by atoms with E-state index in [-0.39, 0.29) is 0 Å². The summed E-state index contributed by atoms with van der Waals surface area (Å²) >= 11 is 14.1. The van der Waals surface area contributed by atoms with Crippen molar-refractivity contribution in [2.45, 2.75) is 37.5 Å². The lowest BCUT2D eigenvalue weighted by Crippen LogP contribution is -2.18. The van der Waals surface area contributed by atoms with Crippen molar-refractivity contribution in [2.75, 3.05) is 16.5 Å². The first-order valence-electron chi connectivity index (χ1n) is 6.34. The molecule has 1 heterocycles. The predicted molar refractivity (Wildman–Crippen MR) is 85.2 cm³/mol. The normalized spacial score (nSPS) is 22.5. The fourth-order valence-corrected chi connectivity index (χ4v) is 3.93. The quantitative estimate of drug-likeness (QED) is 0.569. The van der Waals surface area contributed by atoms with Crippen molar-refractivity contribution in [1.82, 2.24) is 4.98 Å². The van der Waals surface area contributed by atoms with Crippen LogP contribution in [0.5, 0.6) is 0 Å². The van der Waals surface area contributed by atoms with E-state index in [1.54, 1.807) is 6.07 Å². The predicted octanol–water partition coefficient (Wildman–Crippen LogP) is 3.76. The summed E-state index contributed by atoms with van der Waals surface area (Å²) in [6.45, 7) is 2.20. The molecule has 2 rings (SSSR count). The maximum atomic E-state index is 6.15. The van der Waals surface area contributed by atoms with Crippen molar-refractivity contribution in [3.05, 3.63) is 16.1 Å². The van der Waals surface area contributed by atoms with E-state index in [2.05, 4.69) is 22.7 Å². The van der Waals surface area contributed by atoms with E-state index < -0.39 is 0 Å². The Bertz CT molecular complexity index is 444. The number of pyridine rings is 1. The summed E-state index contributed by atoms with van der Waals surface area (Å²) in [6.07, 6.45) is 3.53. The van der Waals surface area contributed by atoms with Crippen molar-refractivity contribution >= 4 is 46.6 Å². The molecular weight excluding hydrogens is 303 g/mol. The molecule has 0 amide bonds. The maximum absolute atomic E-state index is 6.15. The highest BCUT2D eigenvalue weighted by Gasteiger charge is 2.25. The third-order valence-electron chi connectivity index (χ3n) is 3.19. The lowest BCUT2D eigenvalue weighted by Gasteiger charge is -2.16. The number of nitrogens with zero attached hydrogens (tertiary/aromatic N) is 1. The number of hydrogen-bond acceptors (Lipinski definition) is 5. The van der Waals surface area contributed by atoms with Gasteiger partial charge in [0, 0.05) is 11.3 Å². The lowest BCUT2D eigenvalue weighted by molar-refractivity contribution is 0.752. The third kappa shape index (κ3) is 3.81. The van der Waals surface area contributed by atoms with Gasteiger partial charge in [-0.3, -0.25) is 0 Å². The molecule has 1 saturated carbocycles. The highest BCUT2D eigenvalue weighted by atomic mass is 35.5. The van der Waals surface area contributed by atoms with Gasteiger partial charge in [-0.25, -0.2) is 10.8 Å². The van der Waals surface area contributed by atoms with Crippen LogP contribution in [0.2, 0.25) is 10.0 Å². The second-order valence-corrected chi connectivity index (χ2v) is 6.92. The number of nitrogens with two attached hydrogens (primary N) is 1. The van der Waals surface area contributed by atoms with Crippen molar-refractivity contribution in [2.24, 2.45) is 5.84 Å². The van der Waals surface area contributed by atoms with Crippen LogP contribution in [-0.2, 0) is 0 Å². The first-order chi connectivity index (χ1) is 9.13. The Morgan fingerprint density at radius 1 is 1.37 bits per heavy atom. The average Bonchev–Trinajstić information content (AvgIpc) is 2.81. The van der Waals surface area contributed by atoms with Crippen LogP contribution in [-0.4, -0.2) is 22.0 Å². The first kappa shape index (κ1) is 15.0. The van der Waals surface area contributed by atoms with Gasteiger partial charge >= 0.3 is 0 Å². The first-order valence-corrected chi connectivity index (χ1v) is 8.15. The summed E-state index contributed by atoms with van der Waals surface area (Å²) in [7, 11) is 0. The number of rotatable bonds is 5. The molecule has 7 heteroatoms. The number of nitrogens with one attached hydrogen (secondary N) is 2. The molecule has 19 heavy (non-hydrogen) atoms. The van der Waals surface area contributed by atoms with Gasteiger partial charge in [0.25, 0.3) is 0 Å². The highest BCUT2D eigenvalue weighted by molar-refractivity contribution is 7.99. The highest BCUT2D eigenvalue weighted by Crippen LogP contribution is 2.34. The van der Waals surface area contributed by atoms with Crippen LogP contribution in [0, 0.1) is 0 Å². The molecule has 1 aromatic heterocycles. The maximum Gasteiger partial charge on any atom is 0.161 e. The second-order valence-electron chi connectivity index (χ2n) is 4.53. The molecule has 2 unspecified atom stereocenters. The number of nitrogen functional groups attached to an aromatic ring is 1. The van der Waals surface area contributed by atoms with Gasteiger partial charge in [-0.15, -0.1) is 0 Å². The SMILES string of the molecule is CCSC1CCC(Nc2nc(NN)c(Cl)cc2Cl)C1. The zero-order valence-corrected chi connectivity index (χ0v) is 13.1. The van der Waals surface area contributed by atoms with Crippen LogP contribution < -0.4 is 16.6 Å². The van der Waals surface area contributed by atoms with Gasteiger partial charge in [-0.05, 0) is 31.1 Å². The zero-order chi connectivity index (χ0) is 13.8. The topological polar surface area (TPSA) is 63.0 Å². The monoisotopic (exact) mass is 320 g/mol. The fourth-order valence-electron chi connectivity index (χ4n) is 2.32. The Labute approximate surface area is 127 Å². The van der Waals surface area contributed by atoms with Gasteiger partial charge < -0.3 is 10.7 Å². The van der Waals surface area contributed by atoms with E-state index >= 15 is 0 Å². The summed E-state index contributed by atoms with van der Waals surface area (Å²) in [5.74, 6) is 7.61. The summed E-state index contributed by atoms with van der Waals surface area (Å²) in [4.78, 5) is 4.31. The number of aromatic nitrogens is 1. The Balaban J connectivity index is 2.03. The van der Waals surface area contributed by atoms with Crippen LogP contribution in [0.1, 0.15) is 26.2 Å². The Hall–Kier alpha value is -0.360. The minimum Gasteiger partial charge on any atom is -0.366 e. The molecule has 0 aromatic carbocycles. The summed E-state index contributed by atoms with van der Waals surface area (Å²) in [6, 6.07) is 2.07. The van der Waals surface area contributed by atoms with Crippen LogP contribution in [0.4, 0.5) is 11.6 Å². The zero-order valence-electron chi connectivity index (χ0n) is 10.7. The molecule has 4 N–H and O–H groups in total. The van der Waals surface area contributed by atoms with E-state index in [1.165, 1.54) is 12.2 Å². The Morgan fingerprint density at radius 3 is 2.79 bits per heavy atom. The lowest BCUT2D eigenvalue weighted by atomic mass is 10.2. The van der Waals surface area contributed by atoms with Crippen molar-refractivity contribution in [3.8, 4) is 0 Å². The minimum absolute atomic E-state index is 0.417. The average molecular weight is 321 g/mol. The van der Waals surface area contributed by atoms with Crippen molar-refractivity contribution < 1.29 is 0 Å². The van der Waals surface area contributed by atoms with E-state index in [4.69, 9.17) is 29.0 Å². The molecular formula is C12H18Cl2N4S. The van der Waals surface area contributed by atoms with Gasteiger partial charge in [-0.1, -0.05) is 30.1 Å². The van der Waals surface area contributed by atoms with E-state index in [1.807, 2.05) is 11.8 Å². The summed E-state index contributed by atoms with van der Waals surface area (Å²) < 4.78 is 0. The van der Waals surface area contributed by atoms with Crippen LogP contribution in [0.3, 0.4) is 0 Å². The number of halogens is 2. The fraction of sp³-hybridized carbons (Fsp3) is 0.583. The van der Waals surface area contributed by atoms with Gasteiger partial charge in [0.1, 0.15) is 5.82 Å². The molecule has 1 aromatic rings. The largest absolute Gasteiger partial charge is 0.366 e. The Kier molecular flexibility index (Phi) is 5.45. The molecule has 1 aliphatic carbocycles. The summed E-state index contributed by atoms with van der Waals surface area (Å²) in [5, 5.41) is 5.07. The number of anilines is 2. The van der Waals surface area contributed by atoms with Gasteiger partial charge in [0.15, 0.2) is 5.82 Å². The van der Waals surface area contributed by atoms with Crippen LogP contribution >= 0.6 is 35.0 Å². The van der Waals surface area contributed by atoms with Gasteiger partial charge in [0.2, 0.25) is 0 Å². The molecule has 2 atom stereocenters. The van der Waals surface area contributed by atoms with Gasteiger partial charge in [-0.2, -0.15) is 11.8 Å². The van der Waals surface area contributed by atoms with Crippen molar-refractivity contribution in [1.29, 1.82) is 0 Å². The molecule has 0 saturated heterocycles. The molecule has 0 bridgehead atoms. The standard InChI is InChI=1S/C12H18Cl2N4S/c1-2-19-8-4-3-7(5-8)16-11-9(13)6-10(14)12(17-11)18-15/h6-8H,2-5,15H2,1H3,(H2,16,17,18). The van der Waals surface area contributed by atoms with Crippen molar-refractivity contribution in [3.63, 3.8) is 0 Å². The number of hydrogen-bond donors (Lipinski definition) is 3. The molecule has 1 fully saturated rings. The van der Waals surface area contributed by atoms with Gasteiger partial charge in [0.05, 0.1) is 10.0 Å². The second kappa shape index (κ2) is 6.88. The summed E-state index contributed by atoms with van der Waals surface area (Å²) in [5.41, 5.74) is 2.47. The molecule has 4 nitrogen and oxygen atoms in total. The smallest absolute Gasteiger partial charge is 0.161 e. The van der Waals surface area contributed by atoms with Crippen LogP contribution in [0.15, 0.2) is 6.07 Å². The third-order valence-corrected chi connectivity index (χ3v) is 5.00. The number of thioether (sulfide) groups is 1. The number of hydrazine groups is 1. The molecule has 0 spiro atoms. The van der Waals surface area contributed by atoms with E-state index in [0.717, 1.165) is 18.1 Å². The molecule has 1 aliphatic rings. The van der Waals surface area contributed by atoms with Crippen LogP contribution in [0.25, 0.3) is 0 Å². The minimum atomic E-state index is 0.417. The molecule has 0 aliphatic heterocycles. The molecule has 106 valence electrons. The van der Waals surface area contributed by atoms with E-state index in [0.29, 0.717) is 27.7 Å². The Morgan fingerprint density at radius 2 is 2.11 bits per heavy atom. The molecule has 0 radical (unpaired) electrons.